The lowest BCUT2D eigenvalue weighted by Gasteiger charge is -2.35. The van der Waals surface area contributed by atoms with Crippen LogP contribution in [0.25, 0.3) is 22.6 Å². The van der Waals surface area contributed by atoms with Crippen molar-refractivity contribution in [3.63, 3.8) is 0 Å². The van der Waals surface area contributed by atoms with Crippen LogP contribution in [0.4, 0.5) is 10.1 Å². The van der Waals surface area contributed by atoms with E-state index in [1.54, 1.807) is 24.3 Å². The van der Waals surface area contributed by atoms with Gasteiger partial charge in [-0.15, -0.1) is 0 Å². The number of esters is 1. The third-order valence-electron chi connectivity index (χ3n) is 7.82. The van der Waals surface area contributed by atoms with Crippen molar-refractivity contribution in [3.8, 4) is 11.5 Å². The molecule has 2 aliphatic heterocycles. The fourth-order valence-corrected chi connectivity index (χ4v) is 6.20. The summed E-state index contributed by atoms with van der Waals surface area (Å²) in [4.78, 5) is 33.8. The van der Waals surface area contributed by atoms with Crippen molar-refractivity contribution < 1.29 is 23.1 Å². The molecule has 0 N–H and O–H groups in total. The number of anilines is 1. The Hall–Kier alpha value is -3.72. The monoisotopic (exact) mass is 591 g/mol. The number of fused-ring (bicyclic) bond motifs is 2. The molecule has 200 valence electrons. The zero-order valence-electron chi connectivity index (χ0n) is 21.6. The van der Waals surface area contributed by atoms with Crippen molar-refractivity contribution in [2.24, 2.45) is 5.92 Å². The molecule has 1 saturated heterocycles. The number of hydrogen-bond donors (Lipinski definition) is 0. The number of rotatable bonds is 4. The van der Waals surface area contributed by atoms with Gasteiger partial charge < -0.3 is 19.0 Å². The number of ether oxygens (including phenoxy) is 1. The Balaban J connectivity index is 1.26. The Bertz CT molecular complexity index is 1600. The largest absolute Gasteiger partial charge is 0.469 e. The summed E-state index contributed by atoms with van der Waals surface area (Å²) in [6.45, 7) is 3.80. The van der Waals surface area contributed by atoms with Crippen molar-refractivity contribution in [2.45, 2.75) is 25.8 Å². The Kier molecular flexibility index (Phi) is 6.62. The predicted octanol–water partition coefficient (Wildman–Crippen LogP) is 6.16. The summed E-state index contributed by atoms with van der Waals surface area (Å²) in [7, 11) is 1.38. The van der Waals surface area contributed by atoms with E-state index in [0.29, 0.717) is 52.9 Å². The molecule has 3 heterocycles. The summed E-state index contributed by atoms with van der Waals surface area (Å²) in [6, 6.07) is 16.4. The number of benzene rings is 3. The average molecular weight is 592 g/mol. The Morgan fingerprint density at radius 2 is 1.95 bits per heavy atom. The van der Waals surface area contributed by atoms with Crippen LogP contribution < -0.4 is 4.90 Å². The molecule has 1 amide bonds. The lowest BCUT2D eigenvalue weighted by Crippen LogP contribution is -2.38. The third-order valence-corrected chi connectivity index (χ3v) is 8.43. The second-order valence-electron chi connectivity index (χ2n) is 10.1. The molecular weight excluding hydrogens is 565 g/mol. The van der Waals surface area contributed by atoms with Crippen LogP contribution in [-0.4, -0.2) is 48.5 Å². The number of carbonyl (C=O) groups is 2. The smallest absolute Gasteiger partial charge is 0.310 e. The first-order chi connectivity index (χ1) is 18.8. The quantitative estimate of drug-likeness (QED) is 0.265. The fourth-order valence-electron chi connectivity index (χ4n) is 5.67. The van der Waals surface area contributed by atoms with E-state index in [-0.39, 0.29) is 35.3 Å². The van der Waals surface area contributed by atoms with Gasteiger partial charge in [-0.25, -0.2) is 9.37 Å². The highest BCUT2D eigenvalue weighted by atomic mass is 79.9. The molecule has 2 atom stereocenters. The normalized spacial score (nSPS) is 18.9. The van der Waals surface area contributed by atoms with Crippen LogP contribution in [-0.2, 0) is 16.0 Å². The summed E-state index contributed by atoms with van der Waals surface area (Å²) >= 11 is 3.53. The van der Waals surface area contributed by atoms with E-state index in [1.165, 1.54) is 18.7 Å². The van der Waals surface area contributed by atoms with E-state index in [0.717, 1.165) is 12.0 Å². The average Bonchev–Trinajstić information content (AvgIpc) is 3.61. The van der Waals surface area contributed by atoms with Gasteiger partial charge in [-0.1, -0.05) is 24.3 Å². The summed E-state index contributed by atoms with van der Waals surface area (Å²) in [5, 5.41) is 0. The van der Waals surface area contributed by atoms with Gasteiger partial charge in [0.05, 0.1) is 24.6 Å². The molecule has 3 aromatic carbocycles. The van der Waals surface area contributed by atoms with E-state index in [4.69, 9.17) is 9.15 Å². The Labute approximate surface area is 233 Å². The van der Waals surface area contributed by atoms with E-state index in [2.05, 4.69) is 33.0 Å². The molecule has 0 aliphatic carbocycles. The van der Waals surface area contributed by atoms with Crippen LogP contribution in [0.5, 0.6) is 0 Å². The van der Waals surface area contributed by atoms with Crippen LogP contribution >= 0.6 is 15.9 Å². The van der Waals surface area contributed by atoms with Crippen LogP contribution in [0.15, 0.2) is 63.5 Å². The Morgan fingerprint density at radius 3 is 2.74 bits per heavy atom. The predicted molar refractivity (Wildman–Crippen MR) is 149 cm³/mol. The van der Waals surface area contributed by atoms with Crippen LogP contribution in [0.3, 0.4) is 0 Å². The topological polar surface area (TPSA) is 75.9 Å². The summed E-state index contributed by atoms with van der Waals surface area (Å²) < 4.78 is 26.7. The minimum Gasteiger partial charge on any atom is -0.469 e. The fraction of sp³-hybridized carbons (Fsp3) is 0.300. The standard InChI is InChI=1S/C30H27BrFN3O4/c1-17-22-6-4-3-5-18(22)10-12-35(17)29(36)20-13-24(31)27-26(14-20)39-28(33-27)23-8-7-21(15-25(23)32)34-11-9-19(16-34)30(37)38-2/h3-8,13-15,17,19H,9-12,16H2,1-2H3/t17-,19+/m1/s1. The van der Waals surface area contributed by atoms with E-state index in [9.17, 15) is 9.59 Å². The lowest BCUT2D eigenvalue weighted by atomic mass is 9.93. The number of hydrogen-bond acceptors (Lipinski definition) is 6. The first kappa shape index (κ1) is 25.6. The maximum Gasteiger partial charge on any atom is 0.310 e. The van der Waals surface area contributed by atoms with Gasteiger partial charge in [0.25, 0.3) is 5.91 Å². The number of carbonyl (C=O) groups excluding carboxylic acids is 2. The molecule has 39 heavy (non-hydrogen) atoms. The van der Waals surface area contributed by atoms with Gasteiger partial charge in [0.2, 0.25) is 5.89 Å². The maximum atomic E-state index is 15.3. The molecule has 2 aliphatic rings. The molecule has 0 bridgehead atoms. The highest BCUT2D eigenvalue weighted by molar-refractivity contribution is 9.10. The molecule has 7 nitrogen and oxygen atoms in total. The van der Waals surface area contributed by atoms with E-state index >= 15 is 4.39 Å². The van der Waals surface area contributed by atoms with Crippen molar-refractivity contribution in [1.29, 1.82) is 0 Å². The second-order valence-corrected chi connectivity index (χ2v) is 10.9. The SMILES string of the molecule is COC(=O)[C@H]1CCN(c2ccc(-c3nc4c(Br)cc(C(=O)N5CCc6ccccc6[C@H]5C)cc4o3)c(F)c2)C1. The highest BCUT2D eigenvalue weighted by Crippen LogP contribution is 2.35. The van der Waals surface area contributed by atoms with Gasteiger partial charge >= 0.3 is 5.97 Å². The summed E-state index contributed by atoms with van der Waals surface area (Å²) in [6.07, 6.45) is 1.47. The van der Waals surface area contributed by atoms with Gasteiger partial charge in [-0.05, 0) is 77.2 Å². The van der Waals surface area contributed by atoms with Gasteiger partial charge in [-0.3, -0.25) is 9.59 Å². The highest BCUT2D eigenvalue weighted by Gasteiger charge is 2.31. The molecule has 1 fully saturated rings. The third kappa shape index (κ3) is 4.58. The number of nitrogens with zero attached hydrogens (tertiary/aromatic N) is 3. The summed E-state index contributed by atoms with van der Waals surface area (Å²) in [5.41, 5.74) is 4.73. The van der Waals surface area contributed by atoms with E-state index in [1.807, 2.05) is 28.9 Å². The molecular formula is C30H27BrFN3O4. The van der Waals surface area contributed by atoms with Gasteiger partial charge in [-0.2, -0.15) is 0 Å². The first-order valence-electron chi connectivity index (χ1n) is 13.0. The molecule has 0 unspecified atom stereocenters. The van der Waals surface area contributed by atoms with Crippen LogP contribution in [0, 0.1) is 11.7 Å². The van der Waals surface area contributed by atoms with Crippen molar-refractivity contribution in [3.05, 3.63) is 81.6 Å². The Morgan fingerprint density at radius 1 is 1.13 bits per heavy atom. The van der Waals surface area contributed by atoms with Crippen molar-refractivity contribution >= 4 is 44.6 Å². The van der Waals surface area contributed by atoms with Crippen molar-refractivity contribution in [2.75, 3.05) is 31.6 Å². The molecule has 0 radical (unpaired) electrons. The van der Waals surface area contributed by atoms with Crippen LogP contribution in [0.2, 0.25) is 0 Å². The maximum absolute atomic E-state index is 15.3. The number of amides is 1. The minimum absolute atomic E-state index is 0.0478. The molecule has 9 heteroatoms. The van der Waals surface area contributed by atoms with Crippen molar-refractivity contribution in [1.82, 2.24) is 9.88 Å². The molecule has 1 aromatic heterocycles. The number of oxazole rings is 1. The molecule has 0 spiro atoms. The lowest BCUT2D eigenvalue weighted by molar-refractivity contribution is -0.144. The molecule has 4 aromatic rings. The number of methoxy groups -OCH3 is 1. The molecule has 0 saturated carbocycles. The van der Waals surface area contributed by atoms with Crippen LogP contribution in [0.1, 0.15) is 40.9 Å². The zero-order chi connectivity index (χ0) is 27.3. The zero-order valence-corrected chi connectivity index (χ0v) is 23.2. The van der Waals surface area contributed by atoms with E-state index < -0.39 is 5.82 Å². The van der Waals surface area contributed by atoms with Gasteiger partial charge in [0.15, 0.2) is 5.58 Å². The summed E-state index contributed by atoms with van der Waals surface area (Å²) in [5.74, 6) is -0.901. The number of aromatic nitrogens is 1. The second kappa shape index (κ2) is 10.1. The molecule has 6 rings (SSSR count). The van der Waals surface area contributed by atoms with Gasteiger partial charge in [0.1, 0.15) is 11.3 Å². The van der Waals surface area contributed by atoms with Gasteiger partial charge in [0, 0.05) is 35.4 Å². The minimum atomic E-state index is -0.478. The first-order valence-corrected chi connectivity index (χ1v) is 13.7. The number of halogens is 2.